The second-order valence-corrected chi connectivity index (χ2v) is 15.3. The number of hydrogen-bond acceptors (Lipinski definition) is 17. The van der Waals surface area contributed by atoms with Crippen molar-refractivity contribution in [3.63, 3.8) is 0 Å². The van der Waals surface area contributed by atoms with Crippen LogP contribution in [0, 0.1) is 11.3 Å². The third-order valence-corrected chi connectivity index (χ3v) is 7.99. The molecule has 0 rings (SSSR count). The van der Waals surface area contributed by atoms with Crippen LogP contribution in [0.4, 0.5) is 0 Å². The zero-order valence-electron chi connectivity index (χ0n) is 31.4. The maximum Gasteiger partial charge on any atom is 0.223 e. The SMILES string of the molecule is CC(C)(C)NC[C@H](O)[C@@H](O)[C@H](O)[C@H](O)CO.CC[C@@H](O)[C@@H](O)[C@H](O)[C@@H](O)CNC(=O)CCC(CC(C)(C)C)C(=O)NC[C@H](O)[C@@H](O)[C@H](O)[C@H](O)CO. The monoisotopic (exact) mass is 763 g/mol. The lowest BCUT2D eigenvalue weighted by Gasteiger charge is -2.28. The van der Waals surface area contributed by atoms with Crippen LogP contribution < -0.4 is 16.0 Å². The third kappa shape index (κ3) is 21.9. The molecule has 2 amide bonds. The standard InChI is InChI=1S/C23H46N2O11.C10H23NO5/c1-5-13(27)18(32)19(33)14(28)9-24-17(31)7-6-12(8-23(2,3)4)22(36)25-10-15(29)20(34)21(35)16(30)11-26;1-10(2,3)11-4-6(13)8(15)9(16)7(14)5-12/h12-16,18-21,26-30,32-35H,5-11H2,1-4H3,(H,24,31)(H,25,36);6-9,11-16H,4-5H2,1-3H3/t12?,13-,14+,15+,16-,18-,19-,20-,21-;6-,7+,8+,9+/m10/s1. The van der Waals surface area contributed by atoms with Gasteiger partial charge in [0.15, 0.2) is 0 Å². The van der Waals surface area contributed by atoms with Crippen LogP contribution in [-0.2, 0) is 9.59 Å². The van der Waals surface area contributed by atoms with Crippen LogP contribution in [0.1, 0.15) is 74.1 Å². The number of amides is 2. The molecule has 0 aromatic rings. The van der Waals surface area contributed by atoms with E-state index in [1.807, 2.05) is 41.5 Å². The minimum Gasteiger partial charge on any atom is -0.394 e. The van der Waals surface area contributed by atoms with Gasteiger partial charge < -0.3 is 87.4 Å². The number of aliphatic hydroxyl groups excluding tert-OH is 14. The first-order valence-electron chi connectivity index (χ1n) is 17.4. The molecule has 0 aliphatic heterocycles. The van der Waals surface area contributed by atoms with Crippen molar-refractivity contribution >= 4 is 11.8 Å². The van der Waals surface area contributed by atoms with Gasteiger partial charge in [0.2, 0.25) is 11.8 Å². The summed E-state index contributed by atoms with van der Waals surface area (Å²) in [5.74, 6) is -1.69. The predicted octanol–water partition coefficient (Wildman–Crippen LogP) is -5.85. The molecule has 0 heterocycles. The van der Waals surface area contributed by atoms with Gasteiger partial charge in [0.1, 0.15) is 48.8 Å². The molecule has 0 aliphatic carbocycles. The van der Waals surface area contributed by atoms with E-state index in [0.717, 1.165) is 0 Å². The number of aliphatic hydroxyl groups is 14. The van der Waals surface area contributed by atoms with Crippen molar-refractivity contribution in [3.05, 3.63) is 0 Å². The van der Waals surface area contributed by atoms with Gasteiger partial charge in [-0.25, -0.2) is 0 Å². The Hall–Kier alpha value is -1.66. The summed E-state index contributed by atoms with van der Waals surface area (Å²) in [5.41, 5.74) is -0.518. The van der Waals surface area contributed by atoms with Crippen molar-refractivity contribution in [1.29, 1.82) is 0 Å². The molecule has 13 atom stereocenters. The minimum atomic E-state index is -1.82. The molecule has 0 aromatic carbocycles. The van der Waals surface area contributed by atoms with Gasteiger partial charge in [0.05, 0.1) is 37.6 Å². The van der Waals surface area contributed by atoms with Crippen LogP contribution in [0.5, 0.6) is 0 Å². The van der Waals surface area contributed by atoms with Crippen LogP contribution >= 0.6 is 0 Å². The maximum atomic E-state index is 12.7. The largest absolute Gasteiger partial charge is 0.394 e. The highest BCUT2D eigenvalue weighted by Gasteiger charge is 2.33. The summed E-state index contributed by atoms with van der Waals surface area (Å²) in [5, 5.41) is 141. The fourth-order valence-corrected chi connectivity index (χ4v) is 4.62. The molecule has 0 saturated carbocycles. The van der Waals surface area contributed by atoms with Crippen molar-refractivity contribution in [2.45, 2.75) is 153 Å². The van der Waals surface area contributed by atoms with Gasteiger partial charge in [-0.15, -0.1) is 0 Å². The fraction of sp³-hybridized carbons (Fsp3) is 0.939. The summed E-state index contributed by atoms with van der Waals surface area (Å²) < 4.78 is 0. The van der Waals surface area contributed by atoms with Gasteiger partial charge in [-0.3, -0.25) is 9.59 Å². The second kappa shape index (κ2) is 25.4. The van der Waals surface area contributed by atoms with E-state index in [-0.39, 0.29) is 43.3 Å². The first-order valence-corrected chi connectivity index (χ1v) is 17.4. The zero-order valence-corrected chi connectivity index (χ0v) is 31.4. The summed E-state index contributed by atoms with van der Waals surface area (Å²) in [6.07, 6.45) is -18.1. The van der Waals surface area contributed by atoms with Crippen molar-refractivity contribution < 1.29 is 81.1 Å². The Balaban J connectivity index is 0. The van der Waals surface area contributed by atoms with Gasteiger partial charge >= 0.3 is 0 Å². The highest BCUT2D eigenvalue weighted by atomic mass is 16.4. The number of hydrogen-bond donors (Lipinski definition) is 17. The Morgan fingerprint density at radius 2 is 0.904 bits per heavy atom. The van der Waals surface area contributed by atoms with Crippen molar-refractivity contribution in [2.75, 3.05) is 32.8 Å². The van der Waals surface area contributed by atoms with Crippen molar-refractivity contribution in [1.82, 2.24) is 16.0 Å². The van der Waals surface area contributed by atoms with E-state index in [4.69, 9.17) is 15.3 Å². The molecule has 312 valence electrons. The lowest BCUT2D eigenvalue weighted by Crippen LogP contribution is -2.51. The first kappa shape index (κ1) is 52.4. The Morgan fingerprint density at radius 1 is 0.538 bits per heavy atom. The minimum absolute atomic E-state index is 0.0832. The van der Waals surface area contributed by atoms with Crippen LogP contribution in [0.25, 0.3) is 0 Å². The first-order chi connectivity index (χ1) is 23.7. The number of nitrogens with one attached hydrogen (secondary N) is 3. The smallest absolute Gasteiger partial charge is 0.223 e. The van der Waals surface area contributed by atoms with Gasteiger partial charge in [0.25, 0.3) is 0 Å². The lowest BCUT2D eigenvalue weighted by molar-refractivity contribution is -0.130. The number of β-amino-alcohol motifs (C(OH)–C–C–N with tert-alkyl or cyclic N) is 1. The summed E-state index contributed by atoms with van der Waals surface area (Å²) >= 11 is 0. The van der Waals surface area contributed by atoms with E-state index in [1.165, 1.54) is 0 Å². The normalized spacial score (nSPS) is 19.9. The molecule has 0 fully saturated rings. The highest BCUT2D eigenvalue weighted by molar-refractivity contribution is 5.80. The van der Waals surface area contributed by atoms with Gasteiger partial charge in [-0.05, 0) is 45.4 Å². The molecule has 0 aliphatic rings. The van der Waals surface area contributed by atoms with E-state index in [0.29, 0.717) is 6.42 Å². The molecule has 52 heavy (non-hydrogen) atoms. The molecular formula is C33H69N3O16. The van der Waals surface area contributed by atoms with Gasteiger partial charge in [-0.2, -0.15) is 0 Å². The molecule has 19 heteroatoms. The molecule has 17 N–H and O–H groups in total. The van der Waals surface area contributed by atoms with Crippen molar-refractivity contribution in [2.24, 2.45) is 11.3 Å². The molecule has 19 nitrogen and oxygen atoms in total. The summed E-state index contributed by atoms with van der Waals surface area (Å²) in [6.45, 7) is 10.7. The van der Waals surface area contributed by atoms with Crippen LogP contribution in [0.3, 0.4) is 0 Å². The molecular weight excluding hydrogens is 694 g/mol. The van der Waals surface area contributed by atoms with Crippen LogP contribution in [0.15, 0.2) is 0 Å². The highest BCUT2D eigenvalue weighted by Crippen LogP contribution is 2.27. The average Bonchev–Trinajstić information content (AvgIpc) is 3.09. The summed E-state index contributed by atoms with van der Waals surface area (Å²) in [4.78, 5) is 25.0. The number of rotatable bonds is 23. The van der Waals surface area contributed by atoms with E-state index < -0.39 is 111 Å². The van der Waals surface area contributed by atoms with E-state index >= 15 is 0 Å². The van der Waals surface area contributed by atoms with Crippen LogP contribution in [0.2, 0.25) is 0 Å². The Bertz CT molecular complexity index is 969. The Kier molecular flexibility index (Phi) is 25.6. The topological polar surface area (TPSA) is 353 Å². The van der Waals surface area contributed by atoms with Crippen LogP contribution in [-0.4, -0.2) is 195 Å². The molecule has 1 unspecified atom stereocenters. The van der Waals surface area contributed by atoms with E-state index in [2.05, 4.69) is 16.0 Å². The lowest BCUT2D eigenvalue weighted by atomic mass is 9.82. The Morgan fingerprint density at radius 3 is 1.27 bits per heavy atom. The fourth-order valence-electron chi connectivity index (χ4n) is 4.62. The average molecular weight is 764 g/mol. The van der Waals surface area contributed by atoms with Gasteiger partial charge in [0, 0.05) is 37.5 Å². The predicted molar refractivity (Wildman–Crippen MR) is 187 cm³/mol. The number of carbonyl (C=O) groups excluding carboxylic acids is 2. The molecule has 0 saturated heterocycles. The molecule has 0 bridgehead atoms. The molecule has 0 spiro atoms. The molecule has 0 radical (unpaired) electrons. The third-order valence-electron chi connectivity index (χ3n) is 7.99. The van der Waals surface area contributed by atoms with E-state index in [9.17, 15) is 65.8 Å². The maximum absolute atomic E-state index is 12.7. The summed E-state index contributed by atoms with van der Waals surface area (Å²) in [6, 6.07) is 0. The zero-order chi connectivity index (χ0) is 41.1. The quantitative estimate of drug-likeness (QED) is 0.0461. The Labute approximate surface area is 306 Å². The second-order valence-electron chi connectivity index (χ2n) is 15.3. The number of carbonyl (C=O) groups is 2. The van der Waals surface area contributed by atoms with Gasteiger partial charge in [-0.1, -0.05) is 27.7 Å². The van der Waals surface area contributed by atoms with Crippen molar-refractivity contribution in [3.8, 4) is 0 Å². The summed E-state index contributed by atoms with van der Waals surface area (Å²) in [7, 11) is 0. The van der Waals surface area contributed by atoms with E-state index in [1.54, 1.807) is 6.92 Å². The molecule has 0 aromatic heterocycles.